The third-order valence-corrected chi connectivity index (χ3v) is 3.77. The molecule has 0 aliphatic heterocycles. The predicted octanol–water partition coefficient (Wildman–Crippen LogP) is 0.971. The molecule has 7 nitrogen and oxygen atoms in total. The van der Waals surface area contributed by atoms with Crippen molar-refractivity contribution in [2.24, 2.45) is 0 Å². The maximum atomic E-state index is 13.7. The third kappa shape index (κ3) is 3.54. The smallest absolute Gasteiger partial charge is 0.240 e. The van der Waals surface area contributed by atoms with Crippen LogP contribution in [0, 0.1) is 39.8 Å². The van der Waals surface area contributed by atoms with Crippen molar-refractivity contribution in [1.29, 1.82) is 15.8 Å². The maximum Gasteiger partial charge on any atom is 0.240 e. The second kappa shape index (κ2) is 6.49. The van der Waals surface area contributed by atoms with Gasteiger partial charge in [0.15, 0.2) is 5.57 Å². The molecule has 0 atom stereocenters. The molecule has 106 valence electrons. The van der Waals surface area contributed by atoms with Gasteiger partial charge in [0.05, 0.1) is 10.6 Å². The Kier molecular flexibility index (Phi) is 4.98. The van der Waals surface area contributed by atoms with Crippen LogP contribution in [0.25, 0.3) is 0 Å². The lowest BCUT2D eigenvalue weighted by atomic mass is 10.2. The summed E-state index contributed by atoms with van der Waals surface area (Å²) in [6, 6.07) is 7.38. The van der Waals surface area contributed by atoms with Crippen LogP contribution < -0.4 is 10.0 Å². The average molecular weight is 305 g/mol. The zero-order valence-electron chi connectivity index (χ0n) is 10.7. The van der Waals surface area contributed by atoms with Crippen molar-refractivity contribution < 1.29 is 12.8 Å². The number of rotatable bonds is 4. The number of nitrogens with zero attached hydrogens (tertiary/aromatic N) is 3. The first-order valence-electron chi connectivity index (χ1n) is 5.34. The van der Waals surface area contributed by atoms with Gasteiger partial charge in [0, 0.05) is 0 Å². The van der Waals surface area contributed by atoms with Crippen LogP contribution in [0.5, 0.6) is 0 Å². The van der Waals surface area contributed by atoms with Gasteiger partial charge >= 0.3 is 0 Å². The van der Waals surface area contributed by atoms with Gasteiger partial charge in [-0.3, -0.25) is 0 Å². The normalized spacial score (nSPS) is 9.86. The zero-order chi connectivity index (χ0) is 16.0. The molecule has 1 aromatic carbocycles. The molecule has 0 fully saturated rings. The van der Waals surface area contributed by atoms with E-state index >= 15 is 0 Å². The second-order valence-corrected chi connectivity index (χ2v) is 5.45. The Morgan fingerprint density at radius 2 is 1.81 bits per heavy atom. The van der Waals surface area contributed by atoms with E-state index in [2.05, 4.69) is 10.0 Å². The van der Waals surface area contributed by atoms with Crippen LogP contribution in [0.1, 0.15) is 0 Å². The molecule has 0 aromatic heterocycles. The van der Waals surface area contributed by atoms with Gasteiger partial charge in [-0.15, -0.1) is 0 Å². The van der Waals surface area contributed by atoms with Crippen LogP contribution in [0.3, 0.4) is 0 Å². The van der Waals surface area contributed by atoms with Gasteiger partial charge in [0.1, 0.15) is 29.7 Å². The summed E-state index contributed by atoms with van der Waals surface area (Å²) in [5, 5.41) is 28.5. The van der Waals surface area contributed by atoms with Gasteiger partial charge in [0.2, 0.25) is 10.0 Å². The fraction of sp³-hybridized carbons (Fsp3) is 0.0833. The molecule has 0 heterocycles. The van der Waals surface area contributed by atoms with Gasteiger partial charge in [-0.2, -0.15) is 15.8 Å². The predicted molar refractivity (Wildman–Crippen MR) is 70.1 cm³/mol. The average Bonchev–Trinajstić information content (AvgIpc) is 2.48. The van der Waals surface area contributed by atoms with Crippen molar-refractivity contribution in [3.05, 3.63) is 35.3 Å². The standard InChI is InChI=1S/C12H8FN5O2S/c1-17-21(19,20)9-2-3-10(13)11(4-9)18-12(7-16)8(5-14)6-15/h2-4,17-18H,1H3. The summed E-state index contributed by atoms with van der Waals surface area (Å²) in [6.07, 6.45) is 0. The fourth-order valence-electron chi connectivity index (χ4n) is 1.30. The monoisotopic (exact) mass is 305 g/mol. The molecule has 0 aliphatic carbocycles. The SMILES string of the molecule is CNS(=O)(=O)c1ccc(F)c(NC(C#N)=C(C#N)C#N)c1. The molecular formula is C12H8FN5O2S. The molecular weight excluding hydrogens is 297 g/mol. The van der Waals surface area contributed by atoms with Crippen molar-refractivity contribution in [3.63, 3.8) is 0 Å². The van der Waals surface area contributed by atoms with Crippen molar-refractivity contribution in [2.75, 3.05) is 12.4 Å². The van der Waals surface area contributed by atoms with E-state index in [9.17, 15) is 12.8 Å². The highest BCUT2D eigenvalue weighted by molar-refractivity contribution is 7.89. The number of sulfonamides is 1. The van der Waals surface area contributed by atoms with E-state index in [-0.39, 0.29) is 10.6 Å². The Labute approximate surface area is 120 Å². The molecule has 1 rings (SSSR count). The first-order valence-corrected chi connectivity index (χ1v) is 6.82. The van der Waals surface area contributed by atoms with Gasteiger partial charge < -0.3 is 5.32 Å². The van der Waals surface area contributed by atoms with Crippen molar-refractivity contribution in [2.45, 2.75) is 4.90 Å². The van der Waals surface area contributed by atoms with Crippen LogP contribution >= 0.6 is 0 Å². The Morgan fingerprint density at radius 1 is 1.19 bits per heavy atom. The molecule has 2 N–H and O–H groups in total. The van der Waals surface area contributed by atoms with Gasteiger partial charge in [0.25, 0.3) is 0 Å². The molecule has 0 unspecified atom stereocenters. The number of hydrogen-bond donors (Lipinski definition) is 2. The molecule has 21 heavy (non-hydrogen) atoms. The van der Waals surface area contributed by atoms with Crippen molar-refractivity contribution >= 4 is 15.7 Å². The maximum absolute atomic E-state index is 13.7. The van der Waals surface area contributed by atoms with E-state index < -0.39 is 27.1 Å². The van der Waals surface area contributed by atoms with E-state index in [1.54, 1.807) is 6.07 Å². The molecule has 9 heteroatoms. The molecule has 0 radical (unpaired) electrons. The number of nitrogens with one attached hydrogen (secondary N) is 2. The van der Waals surface area contributed by atoms with Crippen molar-refractivity contribution in [3.8, 4) is 18.2 Å². The van der Waals surface area contributed by atoms with E-state index in [1.165, 1.54) is 19.2 Å². The first kappa shape index (κ1) is 16.1. The molecule has 0 spiro atoms. The van der Waals surface area contributed by atoms with Gasteiger partial charge in [-0.1, -0.05) is 0 Å². The number of hydrogen-bond acceptors (Lipinski definition) is 6. The topological polar surface area (TPSA) is 130 Å². The van der Waals surface area contributed by atoms with Crippen LogP contribution in [-0.2, 0) is 10.0 Å². The highest BCUT2D eigenvalue weighted by atomic mass is 32.2. The quantitative estimate of drug-likeness (QED) is 0.797. The van der Waals surface area contributed by atoms with Crippen LogP contribution in [0.15, 0.2) is 34.4 Å². The molecule has 0 aliphatic rings. The number of nitriles is 3. The van der Waals surface area contributed by atoms with Crippen LogP contribution in [-0.4, -0.2) is 15.5 Å². The highest BCUT2D eigenvalue weighted by Crippen LogP contribution is 2.21. The minimum atomic E-state index is -3.80. The minimum Gasteiger partial charge on any atom is -0.343 e. The Bertz CT molecular complexity index is 809. The van der Waals surface area contributed by atoms with Gasteiger partial charge in [-0.25, -0.2) is 17.5 Å². The Morgan fingerprint density at radius 3 is 2.29 bits per heavy atom. The minimum absolute atomic E-state index is 0.235. The van der Waals surface area contributed by atoms with Crippen LogP contribution in [0.4, 0.5) is 10.1 Å². The summed E-state index contributed by atoms with van der Waals surface area (Å²) in [6.45, 7) is 0. The van der Waals surface area contributed by atoms with Gasteiger partial charge in [-0.05, 0) is 25.2 Å². The van der Waals surface area contributed by atoms with E-state index in [4.69, 9.17) is 15.8 Å². The Balaban J connectivity index is 3.38. The largest absolute Gasteiger partial charge is 0.343 e. The fourth-order valence-corrected chi connectivity index (χ4v) is 2.06. The van der Waals surface area contributed by atoms with E-state index in [0.717, 1.165) is 18.2 Å². The number of benzene rings is 1. The summed E-state index contributed by atoms with van der Waals surface area (Å²) < 4.78 is 39.0. The number of allylic oxidation sites excluding steroid dienone is 2. The third-order valence-electron chi connectivity index (χ3n) is 2.36. The first-order chi connectivity index (χ1) is 9.89. The second-order valence-electron chi connectivity index (χ2n) is 3.56. The lowest BCUT2D eigenvalue weighted by Crippen LogP contribution is -2.18. The van der Waals surface area contributed by atoms with E-state index in [1.807, 2.05) is 0 Å². The van der Waals surface area contributed by atoms with Crippen LogP contribution in [0.2, 0.25) is 0 Å². The summed E-state index contributed by atoms with van der Waals surface area (Å²) in [5.74, 6) is -0.840. The molecule has 0 bridgehead atoms. The number of halogens is 1. The summed E-state index contributed by atoms with van der Waals surface area (Å²) in [4.78, 5) is -0.235. The molecule has 0 saturated heterocycles. The van der Waals surface area contributed by atoms with Crippen molar-refractivity contribution in [1.82, 2.24) is 4.72 Å². The zero-order valence-corrected chi connectivity index (χ0v) is 11.5. The lowest BCUT2D eigenvalue weighted by molar-refractivity contribution is 0.587. The highest BCUT2D eigenvalue weighted by Gasteiger charge is 2.15. The summed E-state index contributed by atoms with van der Waals surface area (Å²) in [5.41, 5.74) is -1.36. The molecule has 0 amide bonds. The lowest BCUT2D eigenvalue weighted by Gasteiger charge is -2.09. The summed E-state index contributed by atoms with van der Waals surface area (Å²) >= 11 is 0. The molecule has 1 aromatic rings. The summed E-state index contributed by atoms with van der Waals surface area (Å²) in [7, 11) is -2.61. The van der Waals surface area contributed by atoms with E-state index in [0.29, 0.717) is 0 Å². The Hall–Kier alpha value is -2.93. The number of anilines is 1. The molecule has 0 saturated carbocycles.